The van der Waals surface area contributed by atoms with Gasteiger partial charge in [-0.2, -0.15) is 0 Å². The smallest absolute Gasteiger partial charge is 0.254 e. The number of nitrogens with two attached hydrogens (primary N) is 1. The molecule has 0 saturated carbocycles. The fourth-order valence-electron chi connectivity index (χ4n) is 2.51. The summed E-state index contributed by atoms with van der Waals surface area (Å²) in [6, 6.07) is 9.15. The van der Waals surface area contributed by atoms with Crippen LogP contribution >= 0.6 is 0 Å². The first-order valence-electron chi connectivity index (χ1n) is 9.16. The van der Waals surface area contributed by atoms with Crippen LogP contribution in [-0.4, -0.2) is 11.7 Å². The Labute approximate surface area is 175 Å². The van der Waals surface area contributed by atoms with E-state index in [2.05, 4.69) is 13.2 Å². The molecule has 5 nitrogen and oxygen atoms in total. The van der Waals surface area contributed by atoms with E-state index in [9.17, 15) is 13.6 Å². The summed E-state index contributed by atoms with van der Waals surface area (Å²) in [6.07, 6.45) is 1.57. The fourth-order valence-corrected chi connectivity index (χ4v) is 2.51. The Morgan fingerprint density at radius 1 is 0.933 bits per heavy atom. The van der Waals surface area contributed by atoms with Gasteiger partial charge in [-0.05, 0) is 30.3 Å². The summed E-state index contributed by atoms with van der Waals surface area (Å²) in [7, 11) is 3.03. The van der Waals surface area contributed by atoms with E-state index in [4.69, 9.17) is 15.2 Å². The average molecular weight is 416 g/mol. The Bertz CT molecular complexity index is 1050. The normalized spacial score (nSPS) is 9.53. The van der Waals surface area contributed by atoms with Gasteiger partial charge in [0.05, 0.1) is 7.11 Å². The number of ether oxygens (including phenoxy) is 2. The molecule has 0 bridgehead atoms. The number of methoxy groups -OCH3 is 1. The van der Waals surface area contributed by atoms with Gasteiger partial charge < -0.3 is 19.8 Å². The first kappa shape index (κ1) is 24.4. The lowest BCUT2D eigenvalue weighted by atomic mass is 10.0. The van der Waals surface area contributed by atoms with Gasteiger partial charge in [-0.1, -0.05) is 13.8 Å². The van der Waals surface area contributed by atoms with Crippen molar-refractivity contribution in [3.05, 3.63) is 83.8 Å². The molecule has 1 heterocycles. The summed E-state index contributed by atoms with van der Waals surface area (Å²) < 4.78 is 39.4. The predicted octanol–water partition coefficient (Wildman–Crippen LogP) is 5.54. The standard InChI is InChI=1S/C19H16F2N2O3.C2H6.C2H4/c1-23-10-14(18(25-2)9-19(23)24)13-8-12(22)4-6-16(13)26-17-5-3-11(20)7-15(17)21;2*1-2/h3-10H,22H2,1-2H3;1-2H3;1-2H2. The van der Waals surface area contributed by atoms with Crippen LogP contribution in [0.4, 0.5) is 14.5 Å². The first-order chi connectivity index (χ1) is 14.4. The summed E-state index contributed by atoms with van der Waals surface area (Å²) in [5.41, 5.74) is 7.12. The molecule has 0 radical (unpaired) electrons. The van der Waals surface area contributed by atoms with Crippen LogP contribution in [-0.2, 0) is 7.05 Å². The van der Waals surface area contributed by atoms with E-state index in [0.717, 1.165) is 12.1 Å². The first-order valence-corrected chi connectivity index (χ1v) is 9.16. The summed E-state index contributed by atoms with van der Waals surface area (Å²) in [6.45, 7) is 10.0. The zero-order valence-corrected chi connectivity index (χ0v) is 17.5. The maximum absolute atomic E-state index is 14.0. The molecule has 7 heteroatoms. The lowest BCUT2D eigenvalue weighted by molar-refractivity contribution is 0.413. The molecule has 3 rings (SSSR count). The third kappa shape index (κ3) is 5.70. The Hall–Kier alpha value is -3.61. The van der Waals surface area contributed by atoms with Crippen LogP contribution in [0.3, 0.4) is 0 Å². The molecular formula is C23H26F2N2O3. The number of hydrogen-bond donors (Lipinski definition) is 1. The molecule has 0 aliphatic carbocycles. The van der Waals surface area contributed by atoms with Crippen LogP contribution < -0.4 is 20.8 Å². The molecule has 0 saturated heterocycles. The van der Waals surface area contributed by atoms with Crippen LogP contribution in [0.25, 0.3) is 11.1 Å². The molecule has 2 N–H and O–H groups in total. The van der Waals surface area contributed by atoms with E-state index < -0.39 is 11.6 Å². The summed E-state index contributed by atoms with van der Waals surface area (Å²) >= 11 is 0. The number of pyridine rings is 1. The lowest BCUT2D eigenvalue weighted by Crippen LogP contribution is -2.15. The molecule has 160 valence electrons. The van der Waals surface area contributed by atoms with Crippen molar-refractivity contribution in [2.24, 2.45) is 7.05 Å². The minimum Gasteiger partial charge on any atom is -0.496 e. The van der Waals surface area contributed by atoms with E-state index in [1.807, 2.05) is 13.8 Å². The van der Waals surface area contributed by atoms with E-state index >= 15 is 0 Å². The maximum atomic E-state index is 14.0. The third-order valence-electron chi connectivity index (χ3n) is 3.82. The van der Waals surface area contributed by atoms with Gasteiger partial charge in [0.15, 0.2) is 11.6 Å². The quantitative estimate of drug-likeness (QED) is 0.448. The number of nitrogens with zero attached hydrogens (tertiary/aromatic N) is 1. The van der Waals surface area contributed by atoms with Crippen molar-refractivity contribution in [1.29, 1.82) is 0 Å². The molecule has 3 aromatic rings. The third-order valence-corrected chi connectivity index (χ3v) is 3.82. The Morgan fingerprint density at radius 2 is 1.57 bits per heavy atom. The van der Waals surface area contributed by atoms with E-state index in [1.165, 1.54) is 23.8 Å². The molecule has 0 aliphatic rings. The molecule has 0 unspecified atom stereocenters. The monoisotopic (exact) mass is 416 g/mol. The van der Waals surface area contributed by atoms with E-state index in [1.54, 1.807) is 31.4 Å². The Balaban J connectivity index is 0.00000106. The summed E-state index contributed by atoms with van der Waals surface area (Å²) in [5, 5.41) is 0. The zero-order chi connectivity index (χ0) is 22.8. The molecule has 0 atom stereocenters. The minimum atomic E-state index is -0.833. The minimum absolute atomic E-state index is 0.138. The van der Waals surface area contributed by atoms with Crippen molar-refractivity contribution < 1.29 is 18.3 Å². The number of rotatable bonds is 4. The maximum Gasteiger partial charge on any atom is 0.254 e. The van der Waals surface area contributed by atoms with Crippen molar-refractivity contribution in [3.63, 3.8) is 0 Å². The average Bonchev–Trinajstić information content (AvgIpc) is 2.75. The molecule has 30 heavy (non-hydrogen) atoms. The second kappa shape index (κ2) is 11.4. The summed E-state index contributed by atoms with van der Waals surface area (Å²) in [4.78, 5) is 11.8. The highest BCUT2D eigenvalue weighted by Crippen LogP contribution is 2.39. The fraction of sp³-hybridized carbons (Fsp3) is 0.174. The SMILES string of the molecule is C=C.CC.COc1cc(=O)n(C)cc1-c1cc(N)ccc1Oc1ccc(F)cc1F. The van der Waals surface area contributed by atoms with Crippen molar-refractivity contribution in [3.8, 4) is 28.4 Å². The van der Waals surface area contributed by atoms with Gasteiger partial charge in [-0.15, -0.1) is 13.2 Å². The second-order valence-corrected chi connectivity index (χ2v) is 5.64. The van der Waals surface area contributed by atoms with Gasteiger partial charge in [-0.3, -0.25) is 4.79 Å². The Morgan fingerprint density at radius 3 is 2.17 bits per heavy atom. The summed E-state index contributed by atoms with van der Waals surface area (Å²) in [5.74, 6) is -1.07. The van der Waals surface area contributed by atoms with Crippen LogP contribution in [0, 0.1) is 11.6 Å². The largest absolute Gasteiger partial charge is 0.496 e. The molecule has 0 spiro atoms. The topological polar surface area (TPSA) is 66.5 Å². The van der Waals surface area contributed by atoms with Crippen molar-refractivity contribution in [2.75, 3.05) is 12.8 Å². The number of halogens is 2. The van der Waals surface area contributed by atoms with Gasteiger partial charge in [0.1, 0.15) is 17.3 Å². The molecule has 1 aromatic heterocycles. The van der Waals surface area contributed by atoms with E-state index in [0.29, 0.717) is 22.6 Å². The molecule has 0 aliphatic heterocycles. The molecule has 0 amide bonds. The van der Waals surface area contributed by atoms with Crippen LogP contribution in [0.5, 0.6) is 17.2 Å². The highest BCUT2D eigenvalue weighted by Gasteiger charge is 2.16. The van der Waals surface area contributed by atoms with Crippen LogP contribution in [0.1, 0.15) is 13.8 Å². The van der Waals surface area contributed by atoms with Crippen molar-refractivity contribution in [1.82, 2.24) is 4.57 Å². The number of aromatic nitrogens is 1. The van der Waals surface area contributed by atoms with Crippen LogP contribution in [0.2, 0.25) is 0 Å². The number of anilines is 1. The molecule has 2 aromatic carbocycles. The predicted molar refractivity (Wildman–Crippen MR) is 117 cm³/mol. The second-order valence-electron chi connectivity index (χ2n) is 5.64. The highest BCUT2D eigenvalue weighted by molar-refractivity contribution is 5.78. The Kier molecular flexibility index (Phi) is 9.29. The van der Waals surface area contributed by atoms with Crippen LogP contribution in [0.15, 0.2) is 66.6 Å². The number of benzene rings is 2. The lowest BCUT2D eigenvalue weighted by Gasteiger charge is -2.15. The van der Waals surface area contributed by atoms with Crippen molar-refractivity contribution in [2.45, 2.75) is 13.8 Å². The van der Waals surface area contributed by atoms with Gasteiger partial charge in [0.2, 0.25) is 0 Å². The van der Waals surface area contributed by atoms with Gasteiger partial charge in [-0.25, -0.2) is 8.78 Å². The molecular weight excluding hydrogens is 390 g/mol. The number of hydrogen-bond acceptors (Lipinski definition) is 4. The zero-order valence-electron chi connectivity index (χ0n) is 17.5. The number of nitrogen functional groups attached to an aromatic ring is 1. The van der Waals surface area contributed by atoms with E-state index in [-0.39, 0.29) is 17.1 Å². The highest BCUT2D eigenvalue weighted by atomic mass is 19.1. The van der Waals surface area contributed by atoms with Gasteiger partial charge in [0.25, 0.3) is 5.56 Å². The van der Waals surface area contributed by atoms with Crippen molar-refractivity contribution >= 4 is 5.69 Å². The van der Waals surface area contributed by atoms with Gasteiger partial charge in [0, 0.05) is 42.2 Å². The van der Waals surface area contributed by atoms with Gasteiger partial charge >= 0.3 is 0 Å². The number of aryl methyl sites for hydroxylation is 1. The molecule has 0 fully saturated rings.